The Bertz CT molecular complexity index is 949. The number of rotatable bonds is 8. The van der Waals surface area contributed by atoms with E-state index in [1.54, 1.807) is 0 Å². The summed E-state index contributed by atoms with van der Waals surface area (Å²) in [6, 6.07) is 5.86. The highest BCUT2D eigenvalue weighted by Crippen LogP contribution is 2.63. The molecule has 0 radical (unpaired) electrons. The standard InChI is InChI=1S/C9H3F17O3S.C5H5N/c10-2(11,1-30(27,28)29)3(12,13)4(14,15)5(16,17)6(18,19)7(20,21)8(22,23)9(24,25)26;1-2-4-6-5-3-1/h1H2,(H,27,28,29);1-5H. The van der Waals surface area contributed by atoms with Crippen molar-refractivity contribution in [1.29, 1.82) is 0 Å². The fraction of sp³-hybridized carbons (Fsp3) is 0.643. The molecule has 1 aromatic heterocycles. The Kier molecular flexibility index (Phi) is 9.06. The van der Waals surface area contributed by atoms with Crippen molar-refractivity contribution < 1.29 is 92.6 Å². The van der Waals surface area contributed by atoms with E-state index in [0.717, 1.165) is 0 Å². The van der Waals surface area contributed by atoms with Crippen molar-refractivity contribution in [2.75, 3.05) is 5.75 Å². The molecular formula is C14H8F17NO3S. The van der Waals surface area contributed by atoms with Crippen LogP contribution in [0, 0.1) is 0 Å². The summed E-state index contributed by atoms with van der Waals surface area (Å²) in [7, 11) is -6.74. The summed E-state index contributed by atoms with van der Waals surface area (Å²) in [5.74, 6) is -62.6. The number of hydrogen-bond donors (Lipinski definition) is 0. The topological polar surface area (TPSA) is 71.3 Å². The summed E-state index contributed by atoms with van der Waals surface area (Å²) in [4.78, 5) is 2.89. The van der Waals surface area contributed by atoms with E-state index in [-0.39, 0.29) is 0 Å². The largest absolute Gasteiger partial charge is 0.748 e. The first kappa shape index (κ1) is 33.9. The van der Waals surface area contributed by atoms with Gasteiger partial charge >= 0.3 is 47.6 Å². The third kappa shape index (κ3) is 5.72. The van der Waals surface area contributed by atoms with Crippen LogP contribution in [0.25, 0.3) is 0 Å². The fourth-order valence-electron chi connectivity index (χ4n) is 1.85. The van der Waals surface area contributed by atoms with Gasteiger partial charge in [0, 0.05) is 12.1 Å². The highest BCUT2D eigenvalue weighted by molar-refractivity contribution is 7.85. The number of halogens is 17. The van der Waals surface area contributed by atoms with E-state index >= 15 is 0 Å². The van der Waals surface area contributed by atoms with Gasteiger partial charge in [0.2, 0.25) is 0 Å². The Hall–Kier alpha value is -2.13. The smallest absolute Gasteiger partial charge is 0.460 e. The van der Waals surface area contributed by atoms with Crippen molar-refractivity contribution in [3.8, 4) is 0 Å². The summed E-state index contributed by atoms with van der Waals surface area (Å²) >= 11 is 0. The molecular weight excluding hydrogens is 585 g/mol. The molecule has 1 N–H and O–H groups in total. The lowest BCUT2D eigenvalue weighted by Gasteiger charge is -2.42. The first-order valence-corrected chi connectivity index (χ1v) is 9.59. The molecule has 1 rings (SSSR count). The van der Waals surface area contributed by atoms with E-state index in [4.69, 9.17) is 0 Å². The summed E-state index contributed by atoms with van der Waals surface area (Å²) in [5.41, 5.74) is 0. The highest BCUT2D eigenvalue weighted by atomic mass is 32.2. The van der Waals surface area contributed by atoms with Gasteiger partial charge in [-0.25, -0.2) is 13.4 Å². The van der Waals surface area contributed by atoms with Gasteiger partial charge in [-0.3, -0.25) is 0 Å². The molecule has 0 bridgehead atoms. The van der Waals surface area contributed by atoms with Crippen LogP contribution in [-0.2, 0) is 10.1 Å². The molecule has 0 unspecified atom stereocenters. The lowest BCUT2D eigenvalue weighted by molar-refractivity contribution is -0.460. The van der Waals surface area contributed by atoms with Crippen molar-refractivity contribution in [3.05, 3.63) is 30.6 Å². The van der Waals surface area contributed by atoms with Gasteiger partial charge < -0.3 is 4.55 Å². The molecule has 0 saturated carbocycles. The number of aromatic nitrogens is 1. The zero-order valence-electron chi connectivity index (χ0n) is 16.2. The molecule has 4 nitrogen and oxygen atoms in total. The molecule has 0 amide bonds. The second-order valence-corrected chi connectivity index (χ2v) is 7.83. The SMILES string of the molecule is O=S(=O)([O-])CC(F)(F)C(F)(F)C(F)(F)C(F)(F)C(F)(F)C(F)(F)C(F)(F)C(F)(F)F.c1cc[nH+]cc1. The average molecular weight is 593 g/mol. The molecule has 22 heteroatoms. The quantitative estimate of drug-likeness (QED) is 0.314. The normalized spacial score (nSPS) is 15.3. The van der Waals surface area contributed by atoms with Crippen LogP contribution in [0.1, 0.15) is 0 Å². The Morgan fingerprint density at radius 2 is 0.833 bits per heavy atom. The molecule has 0 fully saturated rings. The molecule has 0 atom stereocenters. The molecule has 212 valence electrons. The molecule has 0 aliphatic carbocycles. The maximum absolute atomic E-state index is 13.1. The maximum atomic E-state index is 13.1. The van der Waals surface area contributed by atoms with Crippen molar-refractivity contribution in [2.45, 2.75) is 47.6 Å². The Morgan fingerprint density at radius 1 is 0.528 bits per heavy atom. The molecule has 0 aliphatic rings. The Morgan fingerprint density at radius 3 is 1.06 bits per heavy atom. The number of nitrogens with one attached hydrogen (secondary N) is 1. The predicted octanol–water partition coefficient (Wildman–Crippen LogP) is 5.04. The van der Waals surface area contributed by atoms with Gasteiger partial charge in [0.1, 0.15) is 15.9 Å². The molecule has 36 heavy (non-hydrogen) atoms. The molecule has 0 saturated heterocycles. The van der Waals surface area contributed by atoms with Crippen LogP contribution in [0.4, 0.5) is 74.6 Å². The number of aromatic amines is 1. The highest BCUT2D eigenvalue weighted by Gasteiger charge is 2.95. The molecule has 0 spiro atoms. The number of pyridine rings is 1. The molecule has 0 aromatic carbocycles. The summed E-state index contributed by atoms with van der Waals surface area (Å²) in [6.45, 7) is 0. The van der Waals surface area contributed by atoms with E-state index in [1.807, 2.05) is 30.6 Å². The van der Waals surface area contributed by atoms with E-state index in [9.17, 15) is 87.6 Å². The second kappa shape index (κ2) is 9.63. The van der Waals surface area contributed by atoms with Crippen molar-refractivity contribution in [1.82, 2.24) is 0 Å². The predicted molar refractivity (Wildman–Crippen MR) is 78.2 cm³/mol. The van der Waals surface area contributed by atoms with Gasteiger partial charge in [-0.1, -0.05) is 6.07 Å². The second-order valence-electron chi connectivity index (χ2n) is 6.43. The zero-order valence-corrected chi connectivity index (χ0v) is 17.0. The van der Waals surface area contributed by atoms with Gasteiger partial charge in [-0.15, -0.1) is 0 Å². The van der Waals surface area contributed by atoms with Gasteiger partial charge in [0.25, 0.3) is 0 Å². The monoisotopic (exact) mass is 593 g/mol. The third-order valence-corrected chi connectivity index (χ3v) is 4.47. The lowest BCUT2D eigenvalue weighted by atomic mass is 9.89. The first-order chi connectivity index (χ1) is 15.5. The molecule has 0 aliphatic heterocycles. The van der Waals surface area contributed by atoms with Crippen molar-refractivity contribution in [2.24, 2.45) is 0 Å². The summed E-state index contributed by atoms with van der Waals surface area (Å²) in [6.07, 6.45) is -4.12. The minimum Gasteiger partial charge on any atom is -0.748 e. The Labute approximate surface area is 187 Å². The lowest BCUT2D eigenvalue weighted by Crippen LogP contribution is -2.74. The summed E-state index contributed by atoms with van der Waals surface area (Å²) < 4.78 is 247. The van der Waals surface area contributed by atoms with Crippen LogP contribution >= 0.6 is 0 Å². The number of hydrogen-bond acceptors (Lipinski definition) is 3. The minimum atomic E-state index is -8.81. The van der Waals surface area contributed by atoms with E-state index < -0.39 is 63.5 Å². The third-order valence-electron chi connectivity index (χ3n) is 3.75. The van der Waals surface area contributed by atoms with Crippen molar-refractivity contribution >= 4 is 10.1 Å². The fourth-order valence-corrected chi connectivity index (χ4v) is 2.48. The van der Waals surface area contributed by atoms with Crippen LogP contribution < -0.4 is 4.98 Å². The molecule has 1 heterocycles. The number of alkyl halides is 17. The van der Waals surface area contributed by atoms with Crippen molar-refractivity contribution in [3.63, 3.8) is 0 Å². The zero-order chi connectivity index (χ0) is 29.4. The van der Waals surface area contributed by atoms with E-state index in [1.165, 1.54) is 0 Å². The van der Waals surface area contributed by atoms with Gasteiger partial charge in [0.15, 0.2) is 12.4 Å². The first-order valence-electron chi connectivity index (χ1n) is 8.02. The van der Waals surface area contributed by atoms with E-state index in [2.05, 4.69) is 4.98 Å². The average Bonchev–Trinajstić information content (AvgIpc) is 2.66. The summed E-state index contributed by atoms with van der Waals surface area (Å²) in [5, 5.41) is 0. The maximum Gasteiger partial charge on any atom is 0.460 e. The Balaban J connectivity index is 0.00000176. The van der Waals surface area contributed by atoms with Gasteiger partial charge in [-0.05, 0) is 0 Å². The van der Waals surface area contributed by atoms with Gasteiger partial charge in [-0.2, -0.15) is 74.6 Å². The van der Waals surface area contributed by atoms with Crippen LogP contribution in [-0.4, -0.2) is 66.4 Å². The molecule has 1 aromatic rings. The minimum absolute atomic E-state index is 1.88. The van der Waals surface area contributed by atoms with Crippen LogP contribution in [0.3, 0.4) is 0 Å². The van der Waals surface area contributed by atoms with Gasteiger partial charge in [0.05, 0.1) is 0 Å². The van der Waals surface area contributed by atoms with Crippen LogP contribution in [0.2, 0.25) is 0 Å². The number of H-pyrrole nitrogens is 1. The van der Waals surface area contributed by atoms with Crippen LogP contribution in [0.15, 0.2) is 30.6 Å². The van der Waals surface area contributed by atoms with Crippen LogP contribution in [0.5, 0.6) is 0 Å². The van der Waals surface area contributed by atoms with E-state index in [0.29, 0.717) is 0 Å².